The molecule has 6 rings (SSSR count). The Kier molecular flexibility index (Phi) is 7.08. The lowest BCUT2D eigenvalue weighted by molar-refractivity contribution is -0.125. The third-order valence-electron chi connectivity index (χ3n) is 8.39. The molecule has 0 bridgehead atoms. The van der Waals surface area contributed by atoms with E-state index < -0.39 is 21.5 Å². The lowest BCUT2D eigenvalue weighted by Gasteiger charge is -2.37. The van der Waals surface area contributed by atoms with Crippen LogP contribution in [-0.4, -0.2) is 53.9 Å². The largest absolute Gasteiger partial charge is 0.343 e. The molecule has 9 nitrogen and oxygen atoms in total. The third kappa shape index (κ3) is 4.77. The predicted molar refractivity (Wildman–Crippen MR) is 150 cm³/mol. The molecule has 1 spiro atoms. The van der Waals surface area contributed by atoms with E-state index in [1.807, 2.05) is 30.3 Å². The smallest absolute Gasteiger partial charge is 0.303 e. The van der Waals surface area contributed by atoms with Crippen molar-refractivity contribution < 1.29 is 22.4 Å². The molecule has 2 fully saturated rings. The molecule has 4 heterocycles. The van der Waals surface area contributed by atoms with Crippen LogP contribution in [-0.2, 0) is 38.3 Å². The van der Waals surface area contributed by atoms with Crippen molar-refractivity contribution >= 4 is 50.2 Å². The van der Waals surface area contributed by atoms with Crippen molar-refractivity contribution in [3.8, 4) is 0 Å². The van der Waals surface area contributed by atoms with E-state index in [1.165, 1.54) is 4.31 Å². The number of amides is 2. The van der Waals surface area contributed by atoms with E-state index in [1.54, 1.807) is 17.3 Å². The first-order valence-corrected chi connectivity index (χ1v) is 15.5. The van der Waals surface area contributed by atoms with Gasteiger partial charge in [-0.2, -0.15) is 12.7 Å². The fourth-order valence-electron chi connectivity index (χ4n) is 6.08. The fraction of sp³-hybridized carbons (Fsp3) is 0.464. The fourth-order valence-corrected chi connectivity index (χ4v) is 7.47. The molecule has 1 N–H and O–H groups in total. The number of hydrogen-bond donors (Lipinski definition) is 1. The van der Waals surface area contributed by atoms with Crippen molar-refractivity contribution in [2.24, 2.45) is 5.92 Å². The van der Waals surface area contributed by atoms with Gasteiger partial charge in [0.2, 0.25) is 11.8 Å². The molecule has 0 atom stereocenters. The molecular formula is C28H31ClFN5O4S. The van der Waals surface area contributed by atoms with E-state index >= 15 is 0 Å². The molecular weight excluding hydrogens is 557 g/mol. The predicted octanol–water partition coefficient (Wildman–Crippen LogP) is 4.09. The van der Waals surface area contributed by atoms with Gasteiger partial charge in [-0.15, -0.1) is 0 Å². The molecule has 212 valence electrons. The number of unbranched alkanes of at least 4 members (excludes halogenated alkanes) is 1. The number of pyridine rings is 1. The molecule has 0 radical (unpaired) electrons. The second-order valence-corrected chi connectivity index (χ2v) is 13.0. The lowest BCUT2D eigenvalue weighted by Crippen LogP contribution is -2.53. The van der Waals surface area contributed by atoms with Crippen molar-refractivity contribution in [1.29, 1.82) is 0 Å². The van der Waals surface area contributed by atoms with Gasteiger partial charge in [-0.1, -0.05) is 11.6 Å². The highest BCUT2D eigenvalue weighted by Crippen LogP contribution is 2.48. The Labute approximate surface area is 237 Å². The number of anilines is 1. The van der Waals surface area contributed by atoms with Crippen LogP contribution in [0.15, 0.2) is 42.7 Å². The molecule has 1 saturated carbocycles. The highest BCUT2D eigenvalue weighted by atomic mass is 35.5. The molecule has 2 aromatic heterocycles. The van der Waals surface area contributed by atoms with Gasteiger partial charge in [0.1, 0.15) is 0 Å². The number of nitrogens with zero attached hydrogens (tertiary/aromatic N) is 4. The zero-order chi connectivity index (χ0) is 28.1. The van der Waals surface area contributed by atoms with E-state index in [4.69, 9.17) is 11.6 Å². The minimum absolute atomic E-state index is 0.0897. The summed E-state index contributed by atoms with van der Waals surface area (Å²) in [5.41, 5.74) is 2.55. The Morgan fingerprint density at radius 1 is 1.15 bits per heavy atom. The van der Waals surface area contributed by atoms with E-state index in [2.05, 4.69) is 14.3 Å². The van der Waals surface area contributed by atoms with Crippen LogP contribution in [0.3, 0.4) is 0 Å². The van der Waals surface area contributed by atoms with E-state index in [0.29, 0.717) is 62.3 Å². The maximum absolute atomic E-state index is 14.2. The number of hydrogen-bond acceptors (Lipinski definition) is 5. The van der Waals surface area contributed by atoms with Gasteiger partial charge in [-0.3, -0.25) is 19.0 Å². The minimum Gasteiger partial charge on any atom is -0.343 e. The summed E-state index contributed by atoms with van der Waals surface area (Å²) in [7, 11) is -3.97. The number of aromatic nitrogens is 2. The summed E-state index contributed by atoms with van der Waals surface area (Å²) in [6.07, 6.45) is 6.47. The van der Waals surface area contributed by atoms with Crippen LogP contribution in [0.5, 0.6) is 0 Å². The van der Waals surface area contributed by atoms with Crippen LogP contribution in [0.2, 0.25) is 5.02 Å². The van der Waals surface area contributed by atoms with Crippen LogP contribution < -0.4 is 9.62 Å². The van der Waals surface area contributed by atoms with E-state index in [0.717, 1.165) is 22.2 Å². The van der Waals surface area contributed by atoms with Crippen molar-refractivity contribution in [1.82, 2.24) is 18.6 Å². The average molecular weight is 588 g/mol. The molecule has 2 aliphatic heterocycles. The number of carbonyl (C=O) groups excluding carboxylic acids is 2. The van der Waals surface area contributed by atoms with E-state index in [-0.39, 0.29) is 31.6 Å². The number of piperidine rings is 1. The van der Waals surface area contributed by atoms with Gasteiger partial charge in [-0.25, -0.2) is 4.72 Å². The summed E-state index contributed by atoms with van der Waals surface area (Å²) in [5.74, 6) is -0.768. The van der Waals surface area contributed by atoms with Gasteiger partial charge in [0.25, 0.3) is 0 Å². The summed E-state index contributed by atoms with van der Waals surface area (Å²) < 4.78 is 44.2. The van der Waals surface area contributed by atoms with Gasteiger partial charge in [-0.05, 0) is 74.4 Å². The Morgan fingerprint density at radius 3 is 2.65 bits per heavy atom. The van der Waals surface area contributed by atoms with Crippen molar-refractivity contribution in [2.45, 2.75) is 57.0 Å². The average Bonchev–Trinajstić information content (AvgIpc) is 3.71. The number of halogens is 2. The van der Waals surface area contributed by atoms with Gasteiger partial charge < -0.3 is 9.47 Å². The topological polar surface area (TPSA) is 105 Å². The Bertz CT molecular complexity index is 1580. The standard InChI is InChI=1S/C28H31ClFN5O4S/c29-21-5-6-24-20(15-21)16-22(34(24)12-2-1-10-30)18-35-25-17-31-11-7-23(25)28(27(35)37)8-13-33(14-9-28)40(38,39)32-26(36)19-3-4-19/h5-7,11,15-17,19H,1-4,8-10,12-14,18H2,(H,32,36). The van der Waals surface area contributed by atoms with Crippen molar-refractivity contribution in [2.75, 3.05) is 24.7 Å². The Hall–Kier alpha value is -3.02. The van der Waals surface area contributed by atoms with Crippen LogP contribution in [0.4, 0.5) is 10.1 Å². The van der Waals surface area contributed by atoms with Gasteiger partial charge in [0, 0.05) is 53.4 Å². The number of alkyl halides is 1. The zero-order valence-electron chi connectivity index (χ0n) is 22.0. The molecule has 40 heavy (non-hydrogen) atoms. The van der Waals surface area contributed by atoms with Gasteiger partial charge in [0.15, 0.2) is 0 Å². The molecule has 12 heteroatoms. The van der Waals surface area contributed by atoms with Crippen LogP contribution in [0, 0.1) is 5.92 Å². The molecule has 1 aromatic carbocycles. The Balaban J connectivity index is 1.27. The number of aryl methyl sites for hydroxylation is 1. The molecule has 0 unspecified atom stereocenters. The van der Waals surface area contributed by atoms with Gasteiger partial charge >= 0.3 is 10.2 Å². The number of nitrogens with one attached hydrogen (secondary N) is 1. The summed E-state index contributed by atoms with van der Waals surface area (Å²) >= 11 is 6.25. The highest BCUT2D eigenvalue weighted by molar-refractivity contribution is 7.87. The maximum atomic E-state index is 14.2. The summed E-state index contributed by atoms with van der Waals surface area (Å²) in [6, 6.07) is 9.51. The van der Waals surface area contributed by atoms with Crippen molar-refractivity contribution in [3.05, 3.63) is 59.0 Å². The number of benzene rings is 1. The zero-order valence-corrected chi connectivity index (χ0v) is 23.6. The van der Waals surface area contributed by atoms with Crippen LogP contribution in [0.25, 0.3) is 10.9 Å². The molecule has 3 aromatic rings. The number of fused-ring (bicyclic) bond motifs is 3. The lowest BCUT2D eigenvalue weighted by atomic mass is 9.74. The summed E-state index contributed by atoms with van der Waals surface area (Å²) in [4.78, 5) is 32.4. The second-order valence-electron chi connectivity index (χ2n) is 10.9. The first-order valence-electron chi connectivity index (χ1n) is 13.7. The Morgan fingerprint density at radius 2 is 1.93 bits per heavy atom. The highest BCUT2D eigenvalue weighted by Gasteiger charge is 2.53. The molecule has 2 amide bonds. The van der Waals surface area contributed by atoms with Crippen LogP contribution in [0.1, 0.15) is 49.8 Å². The maximum Gasteiger partial charge on any atom is 0.303 e. The second kappa shape index (κ2) is 10.4. The summed E-state index contributed by atoms with van der Waals surface area (Å²) in [5, 5.41) is 1.56. The van der Waals surface area contributed by atoms with Gasteiger partial charge in [0.05, 0.1) is 30.5 Å². The molecule has 3 aliphatic rings. The molecule has 1 saturated heterocycles. The third-order valence-corrected chi connectivity index (χ3v) is 10.1. The quantitative estimate of drug-likeness (QED) is 0.380. The first kappa shape index (κ1) is 27.2. The minimum atomic E-state index is -3.97. The molecule has 1 aliphatic carbocycles. The first-order chi connectivity index (χ1) is 19.2. The number of rotatable bonds is 9. The van der Waals surface area contributed by atoms with E-state index in [9.17, 15) is 22.4 Å². The normalized spacial score (nSPS) is 18.9. The number of carbonyl (C=O) groups is 2. The van der Waals surface area contributed by atoms with Crippen molar-refractivity contribution in [3.63, 3.8) is 0 Å². The summed E-state index contributed by atoms with van der Waals surface area (Å²) in [6.45, 7) is 0.758. The SMILES string of the molecule is O=C(NS(=O)(=O)N1CCC2(CC1)C(=O)N(Cc1cc3cc(Cl)ccc3n1CCCCF)c1cnccc12)C1CC1. The monoisotopic (exact) mass is 587 g/mol. The van der Waals surface area contributed by atoms with Crippen LogP contribution >= 0.6 is 11.6 Å².